The Bertz CT molecular complexity index is 509. The van der Waals surface area contributed by atoms with Crippen LogP contribution < -0.4 is 0 Å². The molecular weight excluding hydrogens is 180 g/mol. The Kier molecular flexibility index (Phi) is 1.88. The van der Waals surface area contributed by atoms with Crippen molar-refractivity contribution in [2.24, 2.45) is 0 Å². The van der Waals surface area contributed by atoms with Gasteiger partial charge in [-0.3, -0.25) is 0 Å². The first kappa shape index (κ1) is 8.72. The maximum atomic E-state index is 3.93. The van der Waals surface area contributed by atoms with Gasteiger partial charge in [-0.05, 0) is 40.7 Å². The monoisotopic (exact) mass is 193 g/mol. The molecule has 0 saturated carbocycles. The van der Waals surface area contributed by atoms with E-state index in [9.17, 15) is 0 Å². The fraction of sp³-hybridized carbons (Fsp3) is 0.133. The largest absolute Gasteiger partial charge is 0.0616 e. The highest BCUT2D eigenvalue weighted by molar-refractivity contribution is 6.03. The Morgan fingerprint density at radius 3 is 2.33 bits per heavy atom. The zero-order valence-electron chi connectivity index (χ0n) is 8.66. The van der Waals surface area contributed by atoms with Crippen molar-refractivity contribution in [2.45, 2.75) is 12.8 Å². The minimum absolute atomic E-state index is 0.971. The predicted molar refractivity (Wildman–Crippen MR) is 64.6 cm³/mol. The van der Waals surface area contributed by atoms with Gasteiger partial charge in [-0.2, -0.15) is 0 Å². The second-order valence-electron chi connectivity index (χ2n) is 3.99. The number of aryl methyl sites for hydroxylation is 1. The lowest BCUT2D eigenvalue weighted by Crippen LogP contribution is -2.02. The summed E-state index contributed by atoms with van der Waals surface area (Å²) in [5, 5.41) is 0. The summed E-state index contributed by atoms with van der Waals surface area (Å²) in [6.07, 6.45) is 2.05. The van der Waals surface area contributed by atoms with E-state index in [1.54, 1.807) is 0 Å². The highest BCUT2D eigenvalue weighted by Gasteiger charge is 2.23. The summed E-state index contributed by atoms with van der Waals surface area (Å²) >= 11 is 0. The molecule has 3 rings (SSSR count). The van der Waals surface area contributed by atoms with E-state index in [1.807, 2.05) is 0 Å². The quantitative estimate of drug-likeness (QED) is 0.574. The van der Waals surface area contributed by atoms with Crippen LogP contribution in [0.25, 0.3) is 22.3 Å². The van der Waals surface area contributed by atoms with Crippen molar-refractivity contribution in [3.63, 3.8) is 0 Å². The lowest BCUT2D eigenvalue weighted by atomic mass is 9.77. The maximum Gasteiger partial charge on any atom is -0.00669 e. The fourth-order valence-corrected chi connectivity index (χ4v) is 2.41. The van der Waals surface area contributed by atoms with Gasteiger partial charge in [0.1, 0.15) is 0 Å². The SMILES string of the molecule is [CH2]CCc1cccc2c1-c1ccccc1-2. The van der Waals surface area contributed by atoms with Gasteiger partial charge in [0.25, 0.3) is 0 Å². The molecule has 0 saturated heterocycles. The van der Waals surface area contributed by atoms with Crippen LogP contribution in [0.15, 0.2) is 42.5 Å². The van der Waals surface area contributed by atoms with Crippen molar-refractivity contribution < 1.29 is 0 Å². The molecule has 0 unspecified atom stereocenters. The molecule has 2 aromatic rings. The van der Waals surface area contributed by atoms with Crippen molar-refractivity contribution in [1.29, 1.82) is 0 Å². The van der Waals surface area contributed by atoms with Gasteiger partial charge in [0, 0.05) is 0 Å². The summed E-state index contributed by atoms with van der Waals surface area (Å²) in [7, 11) is 0. The van der Waals surface area contributed by atoms with Crippen molar-refractivity contribution in [3.05, 3.63) is 55.0 Å². The minimum atomic E-state index is 0.971. The van der Waals surface area contributed by atoms with Crippen LogP contribution in [0.2, 0.25) is 0 Å². The molecule has 0 aromatic heterocycles. The van der Waals surface area contributed by atoms with Gasteiger partial charge >= 0.3 is 0 Å². The van der Waals surface area contributed by atoms with Gasteiger partial charge in [0.05, 0.1) is 0 Å². The molecule has 2 aromatic carbocycles. The van der Waals surface area contributed by atoms with E-state index in [2.05, 4.69) is 49.4 Å². The van der Waals surface area contributed by atoms with Gasteiger partial charge in [-0.25, -0.2) is 0 Å². The number of hydrogen-bond donors (Lipinski definition) is 0. The first-order chi connectivity index (χ1) is 7.42. The summed E-state index contributed by atoms with van der Waals surface area (Å²) in [6, 6.07) is 15.2. The maximum absolute atomic E-state index is 3.93. The molecule has 0 heteroatoms. The van der Waals surface area contributed by atoms with Crippen LogP contribution in [0, 0.1) is 6.92 Å². The van der Waals surface area contributed by atoms with Gasteiger partial charge in [0.2, 0.25) is 0 Å². The first-order valence-electron chi connectivity index (χ1n) is 5.42. The van der Waals surface area contributed by atoms with Crippen LogP contribution >= 0.6 is 0 Å². The van der Waals surface area contributed by atoms with Crippen molar-refractivity contribution in [1.82, 2.24) is 0 Å². The van der Waals surface area contributed by atoms with Gasteiger partial charge < -0.3 is 0 Å². The molecule has 1 radical (unpaired) electrons. The van der Waals surface area contributed by atoms with Gasteiger partial charge in [0.15, 0.2) is 0 Å². The molecule has 0 bridgehead atoms. The summed E-state index contributed by atoms with van der Waals surface area (Å²) < 4.78 is 0. The lowest BCUT2D eigenvalue weighted by molar-refractivity contribution is 1.000. The Hall–Kier alpha value is -1.56. The number of hydrogen-bond acceptors (Lipinski definition) is 0. The molecule has 0 fully saturated rings. The normalized spacial score (nSPS) is 11.5. The molecule has 0 atom stereocenters. The van der Waals surface area contributed by atoms with Crippen LogP contribution in [0.1, 0.15) is 12.0 Å². The third kappa shape index (κ3) is 1.14. The van der Waals surface area contributed by atoms with Gasteiger partial charge in [-0.1, -0.05) is 49.4 Å². The van der Waals surface area contributed by atoms with E-state index in [4.69, 9.17) is 0 Å². The summed E-state index contributed by atoms with van der Waals surface area (Å²) in [5.74, 6) is 0. The molecule has 0 heterocycles. The topological polar surface area (TPSA) is 0 Å². The molecule has 0 aliphatic heterocycles. The predicted octanol–water partition coefficient (Wildman–Crippen LogP) is 4.10. The molecular formula is C15H13. The van der Waals surface area contributed by atoms with Crippen molar-refractivity contribution in [2.75, 3.05) is 0 Å². The zero-order chi connectivity index (χ0) is 10.3. The molecule has 15 heavy (non-hydrogen) atoms. The van der Waals surface area contributed by atoms with Crippen LogP contribution in [-0.4, -0.2) is 0 Å². The lowest BCUT2D eigenvalue weighted by Gasteiger charge is -2.26. The Balaban J connectivity index is 2.16. The molecule has 0 nitrogen and oxygen atoms in total. The fourth-order valence-electron chi connectivity index (χ4n) is 2.41. The smallest absolute Gasteiger partial charge is 0.00669 e. The Labute approximate surface area is 90.6 Å². The van der Waals surface area contributed by atoms with E-state index in [0.29, 0.717) is 0 Å². The van der Waals surface area contributed by atoms with Crippen LogP contribution in [0.4, 0.5) is 0 Å². The third-order valence-corrected chi connectivity index (χ3v) is 3.08. The minimum Gasteiger partial charge on any atom is -0.0616 e. The van der Waals surface area contributed by atoms with Gasteiger partial charge in [-0.15, -0.1) is 0 Å². The molecule has 73 valence electrons. The Morgan fingerprint density at radius 2 is 1.53 bits per heavy atom. The van der Waals surface area contributed by atoms with E-state index >= 15 is 0 Å². The van der Waals surface area contributed by atoms with Crippen molar-refractivity contribution >= 4 is 0 Å². The second kappa shape index (κ2) is 3.23. The van der Waals surface area contributed by atoms with E-state index < -0.39 is 0 Å². The van der Waals surface area contributed by atoms with E-state index in [1.165, 1.54) is 27.8 Å². The standard InChI is InChI=1S/C15H13/c1-2-6-11-7-5-10-14-12-8-3-4-9-13(12)15(11)14/h3-5,7-10H,1-2,6H2. The van der Waals surface area contributed by atoms with Crippen molar-refractivity contribution in [3.8, 4) is 22.3 Å². The summed E-state index contributed by atoms with van der Waals surface area (Å²) in [5.41, 5.74) is 7.13. The Morgan fingerprint density at radius 1 is 0.800 bits per heavy atom. The van der Waals surface area contributed by atoms with E-state index in [-0.39, 0.29) is 0 Å². The van der Waals surface area contributed by atoms with E-state index in [0.717, 1.165) is 12.8 Å². The summed E-state index contributed by atoms with van der Waals surface area (Å²) in [6.45, 7) is 3.93. The average Bonchev–Trinajstić information content (AvgIpc) is 2.26. The molecule has 1 aliphatic carbocycles. The zero-order valence-corrected chi connectivity index (χ0v) is 8.66. The molecule has 0 N–H and O–H groups in total. The average molecular weight is 193 g/mol. The number of benzene rings is 2. The molecule has 0 amide bonds. The van der Waals surface area contributed by atoms with Crippen LogP contribution in [-0.2, 0) is 6.42 Å². The highest BCUT2D eigenvalue weighted by atomic mass is 14.3. The first-order valence-corrected chi connectivity index (χ1v) is 5.42. The second-order valence-corrected chi connectivity index (χ2v) is 3.99. The third-order valence-electron chi connectivity index (χ3n) is 3.08. The number of fused-ring (bicyclic) bond motifs is 4. The highest BCUT2D eigenvalue weighted by Crippen LogP contribution is 2.48. The summed E-state index contributed by atoms with van der Waals surface area (Å²) in [4.78, 5) is 0. The van der Waals surface area contributed by atoms with Crippen LogP contribution in [0.3, 0.4) is 0 Å². The number of rotatable bonds is 2. The molecule has 0 spiro atoms. The van der Waals surface area contributed by atoms with Crippen LogP contribution in [0.5, 0.6) is 0 Å². The molecule has 1 aliphatic rings.